The Morgan fingerprint density at radius 3 is 2.80 bits per heavy atom. The van der Waals surface area contributed by atoms with Crippen LogP contribution in [-0.2, 0) is 0 Å². The van der Waals surface area contributed by atoms with E-state index in [1.807, 2.05) is 41.4 Å². The van der Waals surface area contributed by atoms with Crippen LogP contribution >= 0.6 is 0 Å². The molecule has 2 aromatic heterocycles. The van der Waals surface area contributed by atoms with Crippen LogP contribution in [0.1, 0.15) is 22.3 Å². The van der Waals surface area contributed by atoms with Gasteiger partial charge in [-0.05, 0) is 48.4 Å². The second kappa shape index (κ2) is 6.43. The fourth-order valence-corrected chi connectivity index (χ4v) is 3.24. The number of hydrogen-bond donors (Lipinski definition) is 1. The third-order valence-corrected chi connectivity index (χ3v) is 4.63. The highest BCUT2D eigenvalue weighted by atomic mass is 16.5. The Bertz CT molecular complexity index is 941. The first-order valence-corrected chi connectivity index (χ1v) is 8.31. The summed E-state index contributed by atoms with van der Waals surface area (Å²) in [5.74, 6) is 0.809. The van der Waals surface area contributed by atoms with E-state index in [0.717, 1.165) is 23.2 Å². The first-order chi connectivity index (χ1) is 12.3. The molecule has 1 aliphatic rings. The molecule has 0 radical (unpaired) electrons. The number of aromatic amines is 1. The van der Waals surface area contributed by atoms with Gasteiger partial charge < -0.3 is 14.6 Å². The largest absolute Gasteiger partial charge is 0.497 e. The molecule has 0 unspecified atom stereocenters. The minimum Gasteiger partial charge on any atom is -0.497 e. The first-order valence-electron chi connectivity index (χ1n) is 8.31. The Kier molecular flexibility index (Phi) is 3.98. The van der Waals surface area contributed by atoms with Crippen molar-refractivity contribution in [2.75, 3.05) is 20.2 Å². The van der Waals surface area contributed by atoms with Gasteiger partial charge in [-0.3, -0.25) is 4.79 Å². The summed E-state index contributed by atoms with van der Waals surface area (Å²) >= 11 is 0. The number of methoxy groups -OCH3 is 1. The summed E-state index contributed by atoms with van der Waals surface area (Å²) in [5.41, 5.74) is 4.03. The highest BCUT2D eigenvalue weighted by molar-refractivity contribution is 5.96. The predicted octanol–water partition coefficient (Wildman–Crippen LogP) is 3.50. The van der Waals surface area contributed by atoms with Crippen molar-refractivity contribution >= 4 is 22.5 Å². The van der Waals surface area contributed by atoms with Gasteiger partial charge in [-0.25, -0.2) is 4.98 Å². The highest BCUT2D eigenvalue weighted by Crippen LogP contribution is 2.28. The topological polar surface area (TPSA) is 58.2 Å². The molecule has 126 valence electrons. The van der Waals surface area contributed by atoms with Crippen molar-refractivity contribution in [3.63, 3.8) is 0 Å². The van der Waals surface area contributed by atoms with Crippen LogP contribution in [0.25, 0.3) is 16.6 Å². The minimum atomic E-state index is 0.0542. The predicted molar refractivity (Wildman–Crippen MR) is 97.6 cm³/mol. The number of pyridine rings is 1. The van der Waals surface area contributed by atoms with Crippen molar-refractivity contribution < 1.29 is 9.53 Å². The molecule has 0 bridgehead atoms. The van der Waals surface area contributed by atoms with Crippen molar-refractivity contribution in [2.45, 2.75) is 6.42 Å². The summed E-state index contributed by atoms with van der Waals surface area (Å²) < 4.78 is 5.14. The molecule has 0 saturated heterocycles. The molecular weight excluding hydrogens is 314 g/mol. The van der Waals surface area contributed by atoms with Gasteiger partial charge in [-0.2, -0.15) is 0 Å². The number of carbonyl (C=O) groups is 1. The molecule has 1 amide bonds. The number of nitrogens with zero attached hydrogens (tertiary/aromatic N) is 2. The Labute approximate surface area is 145 Å². The zero-order valence-corrected chi connectivity index (χ0v) is 14.0. The molecule has 1 aliphatic heterocycles. The van der Waals surface area contributed by atoms with Crippen LogP contribution in [0.5, 0.6) is 5.75 Å². The third kappa shape index (κ3) is 2.89. The maximum Gasteiger partial charge on any atom is 0.254 e. The lowest BCUT2D eigenvalue weighted by atomic mass is 9.99. The van der Waals surface area contributed by atoms with E-state index in [1.54, 1.807) is 13.3 Å². The highest BCUT2D eigenvalue weighted by Gasteiger charge is 2.20. The van der Waals surface area contributed by atoms with Gasteiger partial charge in [0.15, 0.2) is 0 Å². The van der Waals surface area contributed by atoms with E-state index in [0.29, 0.717) is 18.7 Å². The summed E-state index contributed by atoms with van der Waals surface area (Å²) in [6, 6.07) is 11.3. The molecule has 4 rings (SSSR count). The number of amides is 1. The number of rotatable bonds is 3. The summed E-state index contributed by atoms with van der Waals surface area (Å²) in [7, 11) is 1.62. The van der Waals surface area contributed by atoms with Gasteiger partial charge in [0, 0.05) is 42.0 Å². The van der Waals surface area contributed by atoms with E-state index < -0.39 is 0 Å². The summed E-state index contributed by atoms with van der Waals surface area (Å²) in [6.07, 6.45) is 6.77. The normalized spacial score (nSPS) is 14.4. The van der Waals surface area contributed by atoms with Crippen LogP contribution in [0, 0.1) is 0 Å². The monoisotopic (exact) mass is 333 g/mol. The number of benzene rings is 1. The number of ether oxygens (including phenoxy) is 1. The van der Waals surface area contributed by atoms with Crippen molar-refractivity contribution in [1.29, 1.82) is 0 Å². The fourth-order valence-electron chi connectivity index (χ4n) is 3.24. The molecule has 0 fully saturated rings. The van der Waals surface area contributed by atoms with Gasteiger partial charge in [0.05, 0.1) is 7.11 Å². The molecule has 3 aromatic rings. The number of aromatic nitrogens is 2. The molecule has 0 aliphatic carbocycles. The number of nitrogens with one attached hydrogen (secondary N) is 1. The quantitative estimate of drug-likeness (QED) is 0.798. The fraction of sp³-hybridized carbons (Fsp3) is 0.200. The van der Waals surface area contributed by atoms with Crippen LogP contribution in [0.3, 0.4) is 0 Å². The molecule has 5 heteroatoms. The van der Waals surface area contributed by atoms with Crippen LogP contribution in [-0.4, -0.2) is 41.0 Å². The van der Waals surface area contributed by atoms with Crippen LogP contribution in [0.2, 0.25) is 0 Å². The van der Waals surface area contributed by atoms with Gasteiger partial charge in [-0.15, -0.1) is 0 Å². The second-order valence-corrected chi connectivity index (χ2v) is 6.06. The van der Waals surface area contributed by atoms with E-state index in [4.69, 9.17) is 4.74 Å². The molecule has 0 spiro atoms. The van der Waals surface area contributed by atoms with Gasteiger partial charge in [0.25, 0.3) is 5.91 Å². The molecule has 5 nitrogen and oxygen atoms in total. The summed E-state index contributed by atoms with van der Waals surface area (Å²) in [5, 5.41) is 1.13. The number of H-pyrrole nitrogens is 1. The lowest BCUT2D eigenvalue weighted by Crippen LogP contribution is -2.34. The standard InChI is InChI=1S/C20H19N3O2/c1-25-16-6-4-15(5-7-16)20(24)23-11-8-14(9-12-23)18-13-22-19-17(18)3-2-10-21-19/h2-8,10,13H,9,11-12H2,1H3,(H,21,22). The van der Waals surface area contributed by atoms with Crippen molar-refractivity contribution in [2.24, 2.45) is 0 Å². The van der Waals surface area contributed by atoms with Crippen LogP contribution in [0.15, 0.2) is 54.9 Å². The summed E-state index contributed by atoms with van der Waals surface area (Å²) in [4.78, 5) is 22.1. The average Bonchev–Trinajstić information content (AvgIpc) is 3.12. The lowest BCUT2D eigenvalue weighted by Gasteiger charge is -2.26. The van der Waals surface area contributed by atoms with Gasteiger partial charge in [-0.1, -0.05) is 6.08 Å². The maximum atomic E-state index is 12.6. The van der Waals surface area contributed by atoms with E-state index in [-0.39, 0.29) is 5.91 Å². The number of carbonyl (C=O) groups excluding carboxylic acids is 1. The van der Waals surface area contributed by atoms with Crippen molar-refractivity contribution in [3.05, 3.63) is 66.0 Å². The van der Waals surface area contributed by atoms with Gasteiger partial charge >= 0.3 is 0 Å². The zero-order valence-electron chi connectivity index (χ0n) is 14.0. The van der Waals surface area contributed by atoms with Crippen molar-refractivity contribution in [3.8, 4) is 5.75 Å². The Morgan fingerprint density at radius 2 is 2.08 bits per heavy atom. The third-order valence-electron chi connectivity index (χ3n) is 4.63. The molecule has 0 saturated carbocycles. The second-order valence-electron chi connectivity index (χ2n) is 6.06. The Hall–Kier alpha value is -3.08. The summed E-state index contributed by atoms with van der Waals surface area (Å²) in [6.45, 7) is 1.33. The van der Waals surface area contributed by atoms with Crippen molar-refractivity contribution in [1.82, 2.24) is 14.9 Å². The Balaban J connectivity index is 1.52. The van der Waals surface area contributed by atoms with Crippen LogP contribution < -0.4 is 4.74 Å². The van der Waals surface area contributed by atoms with Gasteiger partial charge in [0.1, 0.15) is 11.4 Å². The maximum absolute atomic E-state index is 12.6. The van der Waals surface area contributed by atoms with Crippen LogP contribution in [0.4, 0.5) is 0 Å². The number of fused-ring (bicyclic) bond motifs is 1. The molecule has 25 heavy (non-hydrogen) atoms. The average molecular weight is 333 g/mol. The smallest absolute Gasteiger partial charge is 0.254 e. The number of hydrogen-bond acceptors (Lipinski definition) is 3. The minimum absolute atomic E-state index is 0.0542. The Morgan fingerprint density at radius 1 is 1.24 bits per heavy atom. The molecular formula is C20H19N3O2. The van der Waals surface area contributed by atoms with E-state index >= 15 is 0 Å². The first kappa shape index (κ1) is 15.4. The van der Waals surface area contributed by atoms with Gasteiger partial charge in [0.2, 0.25) is 0 Å². The van der Waals surface area contributed by atoms with E-state index in [1.165, 1.54) is 11.1 Å². The lowest BCUT2D eigenvalue weighted by molar-refractivity contribution is 0.0773. The molecule has 1 N–H and O–H groups in total. The van der Waals surface area contributed by atoms with E-state index in [2.05, 4.69) is 22.1 Å². The SMILES string of the molecule is COc1ccc(C(=O)N2CC=C(c3c[nH]c4ncccc34)CC2)cc1. The zero-order chi connectivity index (χ0) is 17.2. The molecule has 0 atom stereocenters. The molecule has 1 aromatic carbocycles. The van der Waals surface area contributed by atoms with E-state index in [9.17, 15) is 4.79 Å². The molecule has 3 heterocycles.